The van der Waals surface area contributed by atoms with Crippen LogP contribution in [0, 0.1) is 17.2 Å². The first-order valence-electron chi connectivity index (χ1n) is 8.85. The fourth-order valence-electron chi connectivity index (χ4n) is 3.52. The van der Waals surface area contributed by atoms with Gasteiger partial charge in [-0.1, -0.05) is 0 Å². The maximum absolute atomic E-state index is 11.6. The normalized spacial score (nSPS) is 21.2. The minimum absolute atomic E-state index is 0.327. The quantitative estimate of drug-likeness (QED) is 0.825. The third-order valence-electron chi connectivity index (χ3n) is 4.91. The molecule has 0 saturated carbocycles. The Balaban J connectivity index is 1.33. The number of nitrogens with one attached hydrogen (secondary N) is 1. The van der Waals surface area contributed by atoms with Crippen molar-refractivity contribution in [1.29, 1.82) is 5.26 Å². The zero-order chi connectivity index (χ0) is 16.8. The van der Waals surface area contributed by atoms with E-state index in [9.17, 15) is 4.79 Å². The number of pyridine rings is 1. The number of hydrogen-bond acceptors (Lipinski definition) is 5. The summed E-state index contributed by atoms with van der Waals surface area (Å²) in [5.41, 5.74) is 0.587. The van der Waals surface area contributed by atoms with Crippen molar-refractivity contribution in [3.63, 3.8) is 0 Å². The molecule has 6 heteroatoms. The minimum Gasteiger partial charge on any atom is -0.370 e. The first-order valence-corrected chi connectivity index (χ1v) is 8.85. The number of nitriles is 1. The van der Waals surface area contributed by atoms with E-state index in [1.165, 1.54) is 6.42 Å². The molecule has 2 aliphatic heterocycles. The van der Waals surface area contributed by atoms with Gasteiger partial charge in [0.05, 0.1) is 5.56 Å². The molecule has 0 bridgehead atoms. The van der Waals surface area contributed by atoms with Gasteiger partial charge in [-0.3, -0.25) is 4.79 Å². The maximum atomic E-state index is 11.6. The van der Waals surface area contributed by atoms with E-state index in [1.54, 1.807) is 12.3 Å². The van der Waals surface area contributed by atoms with Gasteiger partial charge in [0.25, 0.3) is 0 Å². The van der Waals surface area contributed by atoms with Crippen LogP contribution in [0.1, 0.15) is 31.2 Å². The van der Waals surface area contributed by atoms with Gasteiger partial charge in [-0.2, -0.15) is 5.26 Å². The molecule has 24 heavy (non-hydrogen) atoms. The molecule has 1 atom stereocenters. The lowest BCUT2D eigenvalue weighted by atomic mass is 10.1. The second-order valence-electron chi connectivity index (χ2n) is 6.72. The third-order valence-corrected chi connectivity index (χ3v) is 4.91. The van der Waals surface area contributed by atoms with Crippen LogP contribution < -0.4 is 5.32 Å². The topological polar surface area (TPSA) is 72.3 Å². The van der Waals surface area contributed by atoms with Gasteiger partial charge in [-0.15, -0.1) is 0 Å². The molecule has 1 amide bonds. The molecule has 2 fully saturated rings. The first kappa shape index (κ1) is 16.7. The van der Waals surface area contributed by atoms with Crippen LogP contribution in [-0.4, -0.2) is 60.0 Å². The van der Waals surface area contributed by atoms with Gasteiger partial charge in [-0.05, 0) is 50.4 Å². The Bertz CT molecular complexity index is 594. The Kier molecular flexibility index (Phi) is 5.65. The van der Waals surface area contributed by atoms with Crippen molar-refractivity contribution in [1.82, 2.24) is 14.8 Å². The number of likely N-dealkylation sites (tertiary alicyclic amines) is 2. The molecule has 1 N–H and O–H groups in total. The Morgan fingerprint density at radius 3 is 2.96 bits per heavy atom. The summed E-state index contributed by atoms with van der Waals surface area (Å²) in [7, 11) is 0. The van der Waals surface area contributed by atoms with Gasteiger partial charge < -0.3 is 15.1 Å². The average molecular weight is 327 g/mol. The Labute approximate surface area is 143 Å². The van der Waals surface area contributed by atoms with Crippen molar-refractivity contribution in [2.75, 3.05) is 44.6 Å². The Morgan fingerprint density at radius 2 is 2.25 bits per heavy atom. The van der Waals surface area contributed by atoms with Crippen LogP contribution in [0.2, 0.25) is 0 Å². The molecule has 3 rings (SSSR count). The summed E-state index contributed by atoms with van der Waals surface area (Å²) in [6, 6.07) is 5.73. The molecular weight excluding hydrogens is 302 g/mol. The summed E-state index contributed by atoms with van der Waals surface area (Å²) >= 11 is 0. The van der Waals surface area contributed by atoms with Crippen molar-refractivity contribution >= 4 is 11.7 Å². The van der Waals surface area contributed by atoms with Crippen LogP contribution in [0.15, 0.2) is 18.3 Å². The summed E-state index contributed by atoms with van der Waals surface area (Å²) in [5.74, 6) is 1.80. The molecule has 3 heterocycles. The SMILES string of the molecule is N#Cc1ccc(NCC2CCN(CCCN3CCCC3=O)C2)nc1. The highest BCUT2D eigenvalue weighted by molar-refractivity contribution is 5.77. The van der Waals surface area contributed by atoms with Crippen molar-refractivity contribution in [2.24, 2.45) is 5.92 Å². The van der Waals surface area contributed by atoms with Crippen molar-refractivity contribution in [3.05, 3.63) is 23.9 Å². The Hall–Kier alpha value is -2.13. The summed E-state index contributed by atoms with van der Waals surface area (Å²) in [4.78, 5) is 20.3. The van der Waals surface area contributed by atoms with Crippen LogP contribution >= 0.6 is 0 Å². The zero-order valence-electron chi connectivity index (χ0n) is 14.1. The van der Waals surface area contributed by atoms with Crippen molar-refractivity contribution in [2.45, 2.75) is 25.7 Å². The number of carbonyl (C=O) groups excluding carboxylic acids is 1. The minimum atomic E-state index is 0.327. The molecule has 0 radical (unpaired) electrons. The molecule has 1 unspecified atom stereocenters. The number of anilines is 1. The highest BCUT2D eigenvalue weighted by Gasteiger charge is 2.23. The van der Waals surface area contributed by atoms with Gasteiger partial charge in [0.2, 0.25) is 5.91 Å². The number of carbonyl (C=O) groups is 1. The van der Waals surface area contributed by atoms with Gasteiger partial charge in [-0.25, -0.2) is 4.98 Å². The van der Waals surface area contributed by atoms with Gasteiger partial charge >= 0.3 is 0 Å². The fourth-order valence-corrected chi connectivity index (χ4v) is 3.52. The first-order chi connectivity index (χ1) is 11.7. The maximum Gasteiger partial charge on any atom is 0.222 e. The monoisotopic (exact) mass is 327 g/mol. The highest BCUT2D eigenvalue weighted by atomic mass is 16.2. The highest BCUT2D eigenvalue weighted by Crippen LogP contribution is 2.18. The van der Waals surface area contributed by atoms with E-state index in [1.807, 2.05) is 11.0 Å². The van der Waals surface area contributed by atoms with Crippen molar-refractivity contribution in [3.8, 4) is 6.07 Å². The van der Waals surface area contributed by atoms with Crippen LogP contribution in [0.5, 0.6) is 0 Å². The average Bonchev–Trinajstić information content (AvgIpc) is 3.23. The summed E-state index contributed by atoms with van der Waals surface area (Å²) in [6.45, 7) is 6.10. The number of aromatic nitrogens is 1. The molecule has 6 nitrogen and oxygen atoms in total. The molecule has 128 valence electrons. The van der Waals surface area contributed by atoms with E-state index in [4.69, 9.17) is 5.26 Å². The van der Waals surface area contributed by atoms with Gasteiger partial charge in [0, 0.05) is 38.8 Å². The van der Waals surface area contributed by atoms with Crippen LogP contribution in [0.3, 0.4) is 0 Å². The molecular formula is C18H25N5O. The van der Waals surface area contributed by atoms with Gasteiger partial charge in [0.1, 0.15) is 11.9 Å². The molecule has 1 aromatic heterocycles. The second-order valence-corrected chi connectivity index (χ2v) is 6.72. The smallest absolute Gasteiger partial charge is 0.222 e. The lowest BCUT2D eigenvalue weighted by Gasteiger charge is -2.19. The summed E-state index contributed by atoms with van der Waals surface area (Å²) < 4.78 is 0. The molecule has 0 aliphatic carbocycles. The predicted octanol–water partition coefficient (Wildman–Crippen LogP) is 1.70. The number of amides is 1. The zero-order valence-corrected chi connectivity index (χ0v) is 14.1. The largest absolute Gasteiger partial charge is 0.370 e. The van der Waals surface area contributed by atoms with Crippen LogP contribution in [-0.2, 0) is 4.79 Å². The number of hydrogen-bond donors (Lipinski definition) is 1. The summed E-state index contributed by atoms with van der Waals surface area (Å²) in [6.07, 6.45) is 5.64. The van der Waals surface area contributed by atoms with Crippen LogP contribution in [0.25, 0.3) is 0 Å². The van der Waals surface area contributed by atoms with E-state index in [0.29, 0.717) is 17.4 Å². The molecule has 2 aliphatic rings. The molecule has 0 aromatic carbocycles. The Morgan fingerprint density at radius 1 is 1.33 bits per heavy atom. The number of nitrogens with zero attached hydrogens (tertiary/aromatic N) is 4. The molecule has 1 aromatic rings. The van der Waals surface area contributed by atoms with E-state index in [2.05, 4.69) is 21.3 Å². The fraction of sp³-hybridized carbons (Fsp3) is 0.611. The van der Waals surface area contributed by atoms with E-state index < -0.39 is 0 Å². The summed E-state index contributed by atoms with van der Waals surface area (Å²) in [5, 5.41) is 12.1. The molecule has 2 saturated heterocycles. The second kappa shape index (κ2) is 8.11. The number of rotatable bonds is 7. The third kappa shape index (κ3) is 4.45. The van der Waals surface area contributed by atoms with E-state index in [-0.39, 0.29) is 0 Å². The lowest BCUT2D eigenvalue weighted by Crippen LogP contribution is -2.30. The molecule has 0 spiro atoms. The van der Waals surface area contributed by atoms with E-state index >= 15 is 0 Å². The standard InChI is InChI=1S/C18H25N5O/c19-11-15-4-5-17(20-12-15)21-13-16-6-10-22(14-16)7-2-9-23-8-1-3-18(23)24/h4-5,12,16H,1-3,6-10,13-14H2,(H,20,21). The lowest BCUT2D eigenvalue weighted by molar-refractivity contribution is -0.127. The van der Waals surface area contributed by atoms with E-state index in [0.717, 1.165) is 64.3 Å². The van der Waals surface area contributed by atoms with Crippen molar-refractivity contribution < 1.29 is 4.79 Å². The van der Waals surface area contributed by atoms with Gasteiger partial charge in [0.15, 0.2) is 0 Å². The van der Waals surface area contributed by atoms with Crippen LogP contribution in [0.4, 0.5) is 5.82 Å². The predicted molar refractivity (Wildman–Crippen MR) is 92.4 cm³/mol.